The predicted molar refractivity (Wildman–Crippen MR) is 93.6 cm³/mol. The maximum Gasteiger partial charge on any atom is 0.256 e. The standard InChI is InChI=1S/C20H20F2N2O3/c1-12-6-16-18(23-9-12)2-4-24(20(16)25)10-13-7-14(21)8-17(22)19(13)27-15-3-5-26-11-15/h6-9,15H,2-5,10-11H2,1H3. The Bertz CT molecular complexity index is 882. The average Bonchev–Trinajstić information content (AvgIpc) is 3.14. The average molecular weight is 374 g/mol. The molecule has 0 saturated carbocycles. The Morgan fingerprint density at radius 2 is 2.19 bits per heavy atom. The van der Waals surface area contributed by atoms with Gasteiger partial charge in [-0.2, -0.15) is 0 Å². The molecule has 5 nitrogen and oxygen atoms in total. The summed E-state index contributed by atoms with van der Waals surface area (Å²) < 4.78 is 39.2. The highest BCUT2D eigenvalue weighted by Crippen LogP contribution is 2.30. The van der Waals surface area contributed by atoms with Crippen molar-refractivity contribution in [3.8, 4) is 5.75 Å². The van der Waals surface area contributed by atoms with Crippen molar-refractivity contribution >= 4 is 5.91 Å². The van der Waals surface area contributed by atoms with Crippen LogP contribution in [0, 0.1) is 18.6 Å². The molecule has 0 N–H and O–H groups in total. The topological polar surface area (TPSA) is 51.7 Å². The molecule has 4 rings (SSSR count). The number of carbonyl (C=O) groups excluding carboxylic acids is 1. The number of fused-ring (bicyclic) bond motifs is 1. The van der Waals surface area contributed by atoms with Gasteiger partial charge in [-0.15, -0.1) is 0 Å². The molecule has 142 valence electrons. The van der Waals surface area contributed by atoms with Gasteiger partial charge in [-0.05, 0) is 24.6 Å². The second-order valence-electron chi connectivity index (χ2n) is 6.96. The van der Waals surface area contributed by atoms with Crippen LogP contribution in [-0.4, -0.2) is 41.7 Å². The van der Waals surface area contributed by atoms with Crippen molar-refractivity contribution in [1.82, 2.24) is 9.88 Å². The van der Waals surface area contributed by atoms with E-state index in [-0.39, 0.29) is 24.3 Å². The smallest absolute Gasteiger partial charge is 0.256 e. The number of amides is 1. The first-order chi connectivity index (χ1) is 13.0. The number of hydrogen-bond donors (Lipinski definition) is 0. The number of carbonyl (C=O) groups is 1. The lowest BCUT2D eigenvalue weighted by molar-refractivity contribution is 0.0720. The predicted octanol–water partition coefficient (Wildman–Crippen LogP) is 3.03. The summed E-state index contributed by atoms with van der Waals surface area (Å²) in [6, 6.07) is 3.83. The van der Waals surface area contributed by atoms with Crippen molar-refractivity contribution < 1.29 is 23.0 Å². The zero-order valence-corrected chi connectivity index (χ0v) is 15.0. The Kier molecular flexibility index (Phi) is 4.78. The summed E-state index contributed by atoms with van der Waals surface area (Å²) in [5.41, 5.74) is 2.51. The molecule has 1 aromatic carbocycles. The Balaban J connectivity index is 1.61. The van der Waals surface area contributed by atoms with Gasteiger partial charge in [-0.25, -0.2) is 8.78 Å². The van der Waals surface area contributed by atoms with E-state index in [0.717, 1.165) is 17.3 Å². The Hall–Kier alpha value is -2.54. The molecule has 0 aliphatic carbocycles. The van der Waals surface area contributed by atoms with Crippen molar-refractivity contribution in [2.45, 2.75) is 32.4 Å². The van der Waals surface area contributed by atoms with E-state index >= 15 is 0 Å². The molecule has 2 aromatic rings. The molecule has 0 radical (unpaired) electrons. The number of aryl methyl sites for hydroxylation is 1. The van der Waals surface area contributed by atoms with Gasteiger partial charge in [0.15, 0.2) is 11.6 Å². The molecule has 1 aromatic heterocycles. The van der Waals surface area contributed by atoms with Crippen molar-refractivity contribution in [3.63, 3.8) is 0 Å². The summed E-state index contributed by atoms with van der Waals surface area (Å²) >= 11 is 0. The molecule has 1 amide bonds. The molecular formula is C20H20F2N2O3. The first kappa shape index (κ1) is 17.9. The summed E-state index contributed by atoms with van der Waals surface area (Å²) in [7, 11) is 0. The van der Waals surface area contributed by atoms with E-state index in [9.17, 15) is 13.6 Å². The fraction of sp³-hybridized carbons (Fsp3) is 0.400. The van der Waals surface area contributed by atoms with Gasteiger partial charge in [0.25, 0.3) is 5.91 Å². The summed E-state index contributed by atoms with van der Waals surface area (Å²) in [6.07, 6.45) is 2.72. The van der Waals surface area contributed by atoms with Crippen LogP contribution >= 0.6 is 0 Å². The van der Waals surface area contributed by atoms with E-state index in [1.54, 1.807) is 17.2 Å². The van der Waals surface area contributed by atoms with Crippen LogP contribution in [0.15, 0.2) is 24.4 Å². The van der Waals surface area contributed by atoms with Gasteiger partial charge in [0, 0.05) is 43.8 Å². The minimum atomic E-state index is -0.765. The van der Waals surface area contributed by atoms with E-state index < -0.39 is 11.6 Å². The normalized spacial score (nSPS) is 19.3. The number of nitrogens with zero attached hydrogens (tertiary/aromatic N) is 2. The van der Waals surface area contributed by atoms with Crippen LogP contribution in [0.1, 0.15) is 33.6 Å². The van der Waals surface area contributed by atoms with E-state index in [1.165, 1.54) is 6.07 Å². The second kappa shape index (κ2) is 7.23. The summed E-state index contributed by atoms with van der Waals surface area (Å²) in [6.45, 7) is 3.31. The van der Waals surface area contributed by atoms with Crippen LogP contribution in [-0.2, 0) is 17.7 Å². The second-order valence-corrected chi connectivity index (χ2v) is 6.96. The zero-order chi connectivity index (χ0) is 19.0. The van der Waals surface area contributed by atoms with Crippen molar-refractivity contribution in [2.75, 3.05) is 19.8 Å². The third-order valence-electron chi connectivity index (χ3n) is 4.86. The van der Waals surface area contributed by atoms with Crippen LogP contribution in [0.3, 0.4) is 0 Å². The maximum absolute atomic E-state index is 14.4. The molecular weight excluding hydrogens is 354 g/mol. The van der Waals surface area contributed by atoms with Gasteiger partial charge < -0.3 is 14.4 Å². The summed E-state index contributed by atoms with van der Waals surface area (Å²) in [5.74, 6) is -1.65. The molecule has 2 aliphatic heterocycles. The molecule has 3 heterocycles. The van der Waals surface area contributed by atoms with Crippen molar-refractivity contribution in [2.24, 2.45) is 0 Å². The molecule has 0 spiro atoms. The van der Waals surface area contributed by atoms with Crippen LogP contribution in [0.2, 0.25) is 0 Å². The highest BCUT2D eigenvalue weighted by atomic mass is 19.1. The van der Waals surface area contributed by atoms with E-state index in [1.807, 2.05) is 6.92 Å². The molecule has 1 saturated heterocycles. The molecule has 1 atom stereocenters. The van der Waals surface area contributed by atoms with E-state index in [4.69, 9.17) is 9.47 Å². The molecule has 2 aliphatic rings. The van der Waals surface area contributed by atoms with Crippen molar-refractivity contribution in [1.29, 1.82) is 0 Å². The van der Waals surface area contributed by atoms with Gasteiger partial charge in [0.1, 0.15) is 11.9 Å². The maximum atomic E-state index is 14.4. The zero-order valence-electron chi connectivity index (χ0n) is 15.0. The summed E-state index contributed by atoms with van der Waals surface area (Å²) in [5, 5.41) is 0. The molecule has 1 fully saturated rings. The van der Waals surface area contributed by atoms with Gasteiger partial charge in [0.05, 0.1) is 24.5 Å². The monoisotopic (exact) mass is 374 g/mol. The molecule has 27 heavy (non-hydrogen) atoms. The first-order valence-corrected chi connectivity index (χ1v) is 8.98. The third kappa shape index (κ3) is 3.64. The molecule has 0 bridgehead atoms. The Morgan fingerprint density at radius 3 is 2.96 bits per heavy atom. The summed E-state index contributed by atoms with van der Waals surface area (Å²) in [4.78, 5) is 18.7. The SMILES string of the molecule is Cc1cnc2c(c1)C(=O)N(Cc1cc(F)cc(F)c1OC1CCOC1)CC2. The lowest BCUT2D eigenvalue weighted by Gasteiger charge is -2.29. The van der Waals surface area contributed by atoms with Crippen LogP contribution < -0.4 is 4.74 Å². The van der Waals surface area contributed by atoms with Crippen molar-refractivity contribution in [3.05, 3.63) is 58.4 Å². The van der Waals surface area contributed by atoms with E-state index in [2.05, 4.69) is 4.98 Å². The minimum Gasteiger partial charge on any atom is -0.484 e. The number of aromatic nitrogens is 1. The quantitative estimate of drug-likeness (QED) is 0.826. The largest absolute Gasteiger partial charge is 0.484 e. The minimum absolute atomic E-state index is 0.00661. The van der Waals surface area contributed by atoms with Gasteiger partial charge in [0.2, 0.25) is 0 Å². The fourth-order valence-electron chi connectivity index (χ4n) is 3.49. The number of hydrogen-bond acceptors (Lipinski definition) is 4. The van der Waals surface area contributed by atoms with Gasteiger partial charge >= 0.3 is 0 Å². The number of rotatable bonds is 4. The van der Waals surface area contributed by atoms with Crippen LogP contribution in [0.25, 0.3) is 0 Å². The number of pyridine rings is 1. The highest BCUT2D eigenvalue weighted by molar-refractivity contribution is 5.96. The first-order valence-electron chi connectivity index (χ1n) is 8.98. The third-order valence-corrected chi connectivity index (χ3v) is 4.86. The fourth-order valence-corrected chi connectivity index (χ4v) is 3.49. The van der Waals surface area contributed by atoms with Gasteiger partial charge in [-0.3, -0.25) is 9.78 Å². The Morgan fingerprint density at radius 1 is 1.33 bits per heavy atom. The van der Waals surface area contributed by atoms with Crippen LogP contribution in [0.4, 0.5) is 8.78 Å². The molecule has 7 heteroatoms. The number of ether oxygens (including phenoxy) is 2. The number of halogens is 2. The van der Waals surface area contributed by atoms with Crippen LogP contribution in [0.5, 0.6) is 5.75 Å². The van der Waals surface area contributed by atoms with E-state index in [0.29, 0.717) is 43.7 Å². The lowest BCUT2D eigenvalue weighted by atomic mass is 10.0. The molecule has 1 unspecified atom stereocenters. The lowest BCUT2D eigenvalue weighted by Crippen LogP contribution is -2.37. The highest BCUT2D eigenvalue weighted by Gasteiger charge is 2.28. The van der Waals surface area contributed by atoms with Gasteiger partial charge in [-0.1, -0.05) is 0 Å². The number of benzene rings is 1. The Labute approximate surface area is 155 Å².